The highest BCUT2D eigenvalue weighted by Crippen LogP contribution is 2.26. The van der Waals surface area contributed by atoms with E-state index in [0.717, 1.165) is 11.3 Å². The van der Waals surface area contributed by atoms with E-state index in [0.29, 0.717) is 10.7 Å². The molecule has 2 aromatic carbocycles. The van der Waals surface area contributed by atoms with E-state index in [-0.39, 0.29) is 0 Å². The van der Waals surface area contributed by atoms with Crippen molar-refractivity contribution in [2.24, 2.45) is 5.73 Å². The van der Waals surface area contributed by atoms with Crippen molar-refractivity contribution in [3.8, 4) is 11.5 Å². The standard InChI is InChI=1S/C15H15NOS/c1-10-7-8-12(9-11(10)2)17-14-6-4-3-5-13(14)15(16)18/h3-9H,1-2H3,(H2,16,18). The maximum Gasteiger partial charge on any atom is 0.137 e. The van der Waals surface area contributed by atoms with Gasteiger partial charge in [-0.15, -0.1) is 0 Å². The molecular formula is C15H15NOS. The Hall–Kier alpha value is -1.87. The smallest absolute Gasteiger partial charge is 0.137 e. The molecule has 0 saturated carbocycles. The van der Waals surface area contributed by atoms with Gasteiger partial charge in [-0.25, -0.2) is 0 Å². The summed E-state index contributed by atoms with van der Waals surface area (Å²) in [5.74, 6) is 1.48. The molecule has 0 atom stereocenters. The van der Waals surface area contributed by atoms with Crippen molar-refractivity contribution >= 4 is 17.2 Å². The maximum absolute atomic E-state index is 5.84. The fourth-order valence-corrected chi connectivity index (χ4v) is 1.83. The Morgan fingerprint density at radius 3 is 2.44 bits per heavy atom. The third kappa shape index (κ3) is 2.68. The van der Waals surface area contributed by atoms with Crippen LogP contribution in [-0.4, -0.2) is 4.99 Å². The molecule has 2 aromatic rings. The van der Waals surface area contributed by atoms with Gasteiger partial charge in [0.2, 0.25) is 0 Å². The van der Waals surface area contributed by atoms with Crippen molar-refractivity contribution in [2.75, 3.05) is 0 Å². The summed E-state index contributed by atoms with van der Waals surface area (Å²) in [6, 6.07) is 13.5. The summed E-state index contributed by atoms with van der Waals surface area (Å²) in [7, 11) is 0. The highest BCUT2D eigenvalue weighted by Gasteiger charge is 2.06. The molecule has 0 spiro atoms. The zero-order chi connectivity index (χ0) is 13.1. The molecule has 3 heteroatoms. The number of hydrogen-bond donors (Lipinski definition) is 1. The number of rotatable bonds is 3. The highest BCUT2D eigenvalue weighted by molar-refractivity contribution is 7.80. The van der Waals surface area contributed by atoms with Gasteiger partial charge in [-0.2, -0.15) is 0 Å². The van der Waals surface area contributed by atoms with Crippen molar-refractivity contribution in [1.82, 2.24) is 0 Å². The van der Waals surface area contributed by atoms with E-state index in [9.17, 15) is 0 Å². The molecule has 0 aliphatic rings. The lowest BCUT2D eigenvalue weighted by molar-refractivity contribution is 0.481. The second kappa shape index (κ2) is 5.19. The quantitative estimate of drug-likeness (QED) is 0.851. The van der Waals surface area contributed by atoms with Crippen LogP contribution in [0, 0.1) is 13.8 Å². The molecule has 0 aliphatic carbocycles. The van der Waals surface area contributed by atoms with Crippen LogP contribution in [0.5, 0.6) is 11.5 Å². The van der Waals surface area contributed by atoms with E-state index >= 15 is 0 Å². The van der Waals surface area contributed by atoms with Crippen LogP contribution in [0.25, 0.3) is 0 Å². The molecule has 0 amide bonds. The van der Waals surface area contributed by atoms with Gasteiger partial charge in [0.15, 0.2) is 0 Å². The SMILES string of the molecule is Cc1ccc(Oc2ccccc2C(N)=S)cc1C. The first-order valence-electron chi connectivity index (χ1n) is 5.72. The number of benzene rings is 2. The van der Waals surface area contributed by atoms with Crippen molar-refractivity contribution in [2.45, 2.75) is 13.8 Å². The van der Waals surface area contributed by atoms with Gasteiger partial charge >= 0.3 is 0 Å². The molecule has 92 valence electrons. The lowest BCUT2D eigenvalue weighted by Gasteiger charge is -2.11. The van der Waals surface area contributed by atoms with Crippen LogP contribution in [0.4, 0.5) is 0 Å². The topological polar surface area (TPSA) is 35.2 Å². The predicted octanol–water partition coefficient (Wildman–Crippen LogP) is 3.73. The van der Waals surface area contributed by atoms with Crippen LogP contribution in [0.2, 0.25) is 0 Å². The first-order valence-corrected chi connectivity index (χ1v) is 6.12. The van der Waals surface area contributed by atoms with E-state index in [1.54, 1.807) is 0 Å². The van der Waals surface area contributed by atoms with Crippen molar-refractivity contribution in [1.29, 1.82) is 0 Å². The Kier molecular flexibility index (Phi) is 3.63. The van der Waals surface area contributed by atoms with E-state index in [2.05, 4.69) is 13.8 Å². The summed E-state index contributed by atoms with van der Waals surface area (Å²) in [4.78, 5) is 0.342. The number of hydrogen-bond acceptors (Lipinski definition) is 2. The summed E-state index contributed by atoms with van der Waals surface area (Å²) >= 11 is 5.01. The van der Waals surface area contributed by atoms with Crippen molar-refractivity contribution in [3.05, 3.63) is 59.2 Å². The summed E-state index contributed by atoms with van der Waals surface area (Å²) in [6.45, 7) is 4.13. The Bertz CT molecular complexity index is 593. The van der Waals surface area contributed by atoms with Crippen LogP contribution in [-0.2, 0) is 0 Å². The third-order valence-electron chi connectivity index (χ3n) is 2.86. The molecule has 0 aliphatic heterocycles. The molecule has 2 nitrogen and oxygen atoms in total. The fraction of sp³-hybridized carbons (Fsp3) is 0.133. The second-order valence-corrected chi connectivity index (χ2v) is 4.65. The molecule has 0 fully saturated rings. The normalized spacial score (nSPS) is 10.1. The van der Waals surface area contributed by atoms with Crippen LogP contribution >= 0.6 is 12.2 Å². The predicted molar refractivity (Wildman–Crippen MR) is 78.3 cm³/mol. The van der Waals surface area contributed by atoms with Crippen LogP contribution in [0.3, 0.4) is 0 Å². The number of nitrogens with two attached hydrogens (primary N) is 1. The largest absolute Gasteiger partial charge is 0.457 e. The molecule has 0 radical (unpaired) electrons. The molecule has 0 heterocycles. The Balaban J connectivity index is 2.34. The summed E-state index contributed by atoms with van der Waals surface area (Å²) in [6.07, 6.45) is 0. The number of thiocarbonyl (C=S) groups is 1. The summed E-state index contributed by atoms with van der Waals surface area (Å²) < 4.78 is 5.84. The molecule has 2 rings (SSSR count). The van der Waals surface area contributed by atoms with Gasteiger partial charge in [0, 0.05) is 0 Å². The lowest BCUT2D eigenvalue weighted by Crippen LogP contribution is -2.10. The monoisotopic (exact) mass is 257 g/mol. The van der Waals surface area contributed by atoms with Gasteiger partial charge in [-0.3, -0.25) is 0 Å². The van der Waals surface area contributed by atoms with E-state index in [1.165, 1.54) is 11.1 Å². The van der Waals surface area contributed by atoms with E-state index in [1.807, 2.05) is 42.5 Å². The minimum atomic E-state index is 0.342. The first kappa shape index (κ1) is 12.6. The zero-order valence-electron chi connectivity index (χ0n) is 10.4. The maximum atomic E-state index is 5.84. The van der Waals surface area contributed by atoms with Crippen LogP contribution < -0.4 is 10.5 Å². The van der Waals surface area contributed by atoms with E-state index in [4.69, 9.17) is 22.7 Å². The lowest BCUT2D eigenvalue weighted by atomic mass is 10.1. The molecule has 0 saturated heterocycles. The minimum Gasteiger partial charge on any atom is -0.457 e. The highest BCUT2D eigenvalue weighted by atomic mass is 32.1. The van der Waals surface area contributed by atoms with Crippen LogP contribution in [0.1, 0.15) is 16.7 Å². The minimum absolute atomic E-state index is 0.342. The third-order valence-corrected chi connectivity index (χ3v) is 3.08. The summed E-state index contributed by atoms with van der Waals surface area (Å²) in [5, 5.41) is 0. The Morgan fingerprint density at radius 2 is 1.78 bits per heavy atom. The Morgan fingerprint density at radius 1 is 1.06 bits per heavy atom. The van der Waals surface area contributed by atoms with Crippen molar-refractivity contribution < 1.29 is 4.74 Å². The number of para-hydroxylation sites is 1. The van der Waals surface area contributed by atoms with Crippen molar-refractivity contribution in [3.63, 3.8) is 0 Å². The average molecular weight is 257 g/mol. The molecular weight excluding hydrogens is 242 g/mol. The van der Waals surface area contributed by atoms with Gasteiger partial charge in [0.25, 0.3) is 0 Å². The molecule has 2 N–H and O–H groups in total. The van der Waals surface area contributed by atoms with Gasteiger partial charge in [0.05, 0.1) is 5.56 Å². The summed E-state index contributed by atoms with van der Waals surface area (Å²) in [5.41, 5.74) is 8.86. The Labute approximate surface area is 112 Å². The zero-order valence-corrected chi connectivity index (χ0v) is 11.3. The fourth-order valence-electron chi connectivity index (χ4n) is 1.66. The van der Waals surface area contributed by atoms with Gasteiger partial charge in [0.1, 0.15) is 16.5 Å². The molecule has 0 aromatic heterocycles. The van der Waals surface area contributed by atoms with Gasteiger partial charge < -0.3 is 10.5 Å². The van der Waals surface area contributed by atoms with E-state index < -0.39 is 0 Å². The molecule has 0 unspecified atom stereocenters. The average Bonchev–Trinajstić information content (AvgIpc) is 2.34. The second-order valence-electron chi connectivity index (χ2n) is 4.21. The number of ether oxygens (including phenoxy) is 1. The van der Waals surface area contributed by atoms with Gasteiger partial charge in [-0.05, 0) is 49.2 Å². The molecule has 18 heavy (non-hydrogen) atoms. The first-order chi connectivity index (χ1) is 8.58. The number of aryl methyl sites for hydroxylation is 2. The van der Waals surface area contributed by atoms with Crippen LogP contribution in [0.15, 0.2) is 42.5 Å². The molecule has 0 bridgehead atoms. The van der Waals surface area contributed by atoms with Gasteiger partial charge in [-0.1, -0.05) is 30.4 Å².